The standard InChI is InChI=1S/C21H22ClF3N2O3S/c22-18-11-10-15(21(23,24)25)13-19(18)27-31(29,30)17-9-5-6-14(12-17)20(28)26-16-7-3-1-2-4-8-16/h5-6,9-13,16,27H,1-4,7-8H2,(H,26,28). The third kappa shape index (κ3) is 6.13. The maximum Gasteiger partial charge on any atom is 0.416 e. The Morgan fingerprint density at radius 3 is 2.32 bits per heavy atom. The zero-order chi connectivity index (χ0) is 22.6. The molecule has 168 valence electrons. The Kier molecular flexibility index (Phi) is 7.16. The molecule has 0 saturated heterocycles. The van der Waals surface area contributed by atoms with Gasteiger partial charge in [-0.05, 0) is 49.2 Å². The number of benzene rings is 2. The minimum absolute atomic E-state index is 0.0392. The molecule has 1 aliphatic carbocycles. The summed E-state index contributed by atoms with van der Waals surface area (Å²) in [5.41, 5.74) is -1.28. The molecular formula is C21H22ClF3N2O3S. The van der Waals surface area contributed by atoms with Gasteiger partial charge in [-0.2, -0.15) is 13.2 Å². The molecule has 1 amide bonds. The number of carbonyl (C=O) groups excluding carboxylic acids is 1. The van der Waals surface area contributed by atoms with Crippen LogP contribution in [0.25, 0.3) is 0 Å². The van der Waals surface area contributed by atoms with E-state index < -0.39 is 27.5 Å². The van der Waals surface area contributed by atoms with Gasteiger partial charge in [-0.1, -0.05) is 43.4 Å². The Bertz CT molecular complexity index is 1050. The highest BCUT2D eigenvalue weighted by Gasteiger charge is 2.31. The summed E-state index contributed by atoms with van der Waals surface area (Å²) < 4.78 is 66.4. The van der Waals surface area contributed by atoms with E-state index in [-0.39, 0.29) is 27.4 Å². The number of sulfonamides is 1. The van der Waals surface area contributed by atoms with Crippen molar-refractivity contribution in [2.45, 2.75) is 55.6 Å². The minimum Gasteiger partial charge on any atom is -0.349 e. The van der Waals surface area contributed by atoms with Crippen LogP contribution < -0.4 is 10.0 Å². The Morgan fingerprint density at radius 1 is 1.00 bits per heavy atom. The van der Waals surface area contributed by atoms with Crippen molar-refractivity contribution in [3.8, 4) is 0 Å². The number of nitrogens with one attached hydrogen (secondary N) is 2. The van der Waals surface area contributed by atoms with E-state index in [4.69, 9.17) is 11.6 Å². The van der Waals surface area contributed by atoms with Gasteiger partial charge in [0, 0.05) is 11.6 Å². The molecule has 0 bridgehead atoms. The van der Waals surface area contributed by atoms with Crippen molar-refractivity contribution in [1.82, 2.24) is 5.32 Å². The normalized spacial score (nSPS) is 15.9. The molecular weight excluding hydrogens is 453 g/mol. The lowest BCUT2D eigenvalue weighted by Gasteiger charge is -2.17. The number of anilines is 1. The molecule has 2 aromatic carbocycles. The van der Waals surface area contributed by atoms with Crippen LogP contribution in [0.5, 0.6) is 0 Å². The van der Waals surface area contributed by atoms with Crippen molar-refractivity contribution in [3.05, 3.63) is 58.6 Å². The largest absolute Gasteiger partial charge is 0.416 e. The van der Waals surface area contributed by atoms with E-state index in [0.717, 1.165) is 50.7 Å². The lowest BCUT2D eigenvalue weighted by atomic mass is 10.1. The molecule has 5 nitrogen and oxygen atoms in total. The molecule has 0 radical (unpaired) electrons. The summed E-state index contributed by atoms with van der Waals surface area (Å²) >= 11 is 5.88. The van der Waals surface area contributed by atoms with Crippen molar-refractivity contribution >= 4 is 33.2 Å². The van der Waals surface area contributed by atoms with Crippen LogP contribution in [0.4, 0.5) is 18.9 Å². The van der Waals surface area contributed by atoms with Crippen LogP contribution in [0, 0.1) is 0 Å². The lowest BCUT2D eigenvalue weighted by molar-refractivity contribution is -0.137. The lowest BCUT2D eigenvalue weighted by Crippen LogP contribution is -2.34. The molecule has 0 atom stereocenters. The minimum atomic E-state index is -4.65. The monoisotopic (exact) mass is 474 g/mol. The molecule has 31 heavy (non-hydrogen) atoms. The fourth-order valence-corrected chi connectivity index (χ4v) is 4.82. The SMILES string of the molecule is O=C(NC1CCCCCC1)c1cccc(S(=O)(=O)Nc2cc(C(F)(F)F)ccc2Cl)c1. The summed E-state index contributed by atoms with van der Waals surface area (Å²) in [5.74, 6) is -0.388. The second-order valence-corrected chi connectivity index (χ2v) is 9.58. The second-order valence-electron chi connectivity index (χ2n) is 7.49. The Labute approximate surface area is 184 Å². The average molecular weight is 475 g/mol. The van der Waals surface area contributed by atoms with E-state index >= 15 is 0 Å². The van der Waals surface area contributed by atoms with Gasteiger partial charge in [0.25, 0.3) is 15.9 Å². The zero-order valence-electron chi connectivity index (χ0n) is 16.5. The molecule has 2 N–H and O–H groups in total. The van der Waals surface area contributed by atoms with Gasteiger partial charge < -0.3 is 5.32 Å². The molecule has 0 heterocycles. The van der Waals surface area contributed by atoms with E-state index in [1.807, 2.05) is 0 Å². The van der Waals surface area contributed by atoms with Crippen molar-refractivity contribution in [2.24, 2.45) is 0 Å². The molecule has 1 fully saturated rings. The highest BCUT2D eigenvalue weighted by Crippen LogP contribution is 2.34. The zero-order valence-corrected chi connectivity index (χ0v) is 18.1. The summed E-state index contributed by atoms with van der Waals surface area (Å²) in [5, 5.41) is 2.75. The number of hydrogen-bond donors (Lipinski definition) is 2. The Hall–Kier alpha value is -2.26. The first-order valence-corrected chi connectivity index (χ1v) is 11.7. The Morgan fingerprint density at radius 2 is 1.68 bits per heavy atom. The molecule has 0 unspecified atom stereocenters. The van der Waals surface area contributed by atoms with E-state index in [1.165, 1.54) is 24.3 Å². The van der Waals surface area contributed by atoms with Crippen molar-refractivity contribution in [1.29, 1.82) is 0 Å². The molecule has 1 saturated carbocycles. The van der Waals surface area contributed by atoms with Gasteiger partial charge in [0.2, 0.25) is 0 Å². The van der Waals surface area contributed by atoms with Gasteiger partial charge in [-0.3, -0.25) is 9.52 Å². The van der Waals surface area contributed by atoms with E-state index in [9.17, 15) is 26.4 Å². The van der Waals surface area contributed by atoms with Crippen molar-refractivity contribution < 1.29 is 26.4 Å². The fourth-order valence-electron chi connectivity index (χ4n) is 3.48. The second kappa shape index (κ2) is 9.48. The first kappa shape index (κ1) is 23.4. The molecule has 1 aliphatic rings. The predicted molar refractivity (Wildman–Crippen MR) is 113 cm³/mol. The smallest absolute Gasteiger partial charge is 0.349 e. The molecule has 0 aromatic heterocycles. The number of halogens is 4. The van der Waals surface area contributed by atoms with Gasteiger partial charge in [-0.15, -0.1) is 0 Å². The van der Waals surface area contributed by atoms with Gasteiger partial charge in [0.1, 0.15) is 0 Å². The summed E-state index contributed by atoms with van der Waals surface area (Å²) in [7, 11) is -4.27. The van der Waals surface area contributed by atoms with Crippen LogP contribution in [-0.2, 0) is 16.2 Å². The van der Waals surface area contributed by atoms with Gasteiger partial charge in [0.15, 0.2) is 0 Å². The summed E-state index contributed by atoms with van der Waals surface area (Å²) in [4.78, 5) is 12.3. The van der Waals surface area contributed by atoms with Crippen LogP contribution >= 0.6 is 11.6 Å². The van der Waals surface area contributed by atoms with Crippen LogP contribution in [-0.4, -0.2) is 20.4 Å². The predicted octanol–water partition coefficient (Wildman–Crippen LogP) is 5.61. The maximum atomic E-state index is 13.0. The highest BCUT2D eigenvalue weighted by atomic mass is 35.5. The van der Waals surface area contributed by atoms with Crippen LogP contribution in [0.3, 0.4) is 0 Å². The highest BCUT2D eigenvalue weighted by molar-refractivity contribution is 7.92. The van der Waals surface area contributed by atoms with Gasteiger partial charge >= 0.3 is 6.18 Å². The van der Waals surface area contributed by atoms with Crippen LogP contribution in [0.15, 0.2) is 47.4 Å². The number of alkyl halides is 3. The topological polar surface area (TPSA) is 75.3 Å². The molecule has 10 heteroatoms. The number of rotatable bonds is 5. The van der Waals surface area contributed by atoms with E-state index in [2.05, 4.69) is 10.0 Å². The average Bonchev–Trinajstić information content (AvgIpc) is 2.97. The fraction of sp³-hybridized carbons (Fsp3) is 0.381. The molecule has 3 rings (SSSR count). The molecule has 0 spiro atoms. The first-order chi connectivity index (χ1) is 14.6. The molecule has 0 aliphatic heterocycles. The summed E-state index contributed by atoms with van der Waals surface area (Å²) in [6.07, 6.45) is 1.41. The van der Waals surface area contributed by atoms with Gasteiger partial charge in [0.05, 0.1) is 21.2 Å². The Balaban J connectivity index is 1.80. The van der Waals surface area contributed by atoms with Gasteiger partial charge in [-0.25, -0.2) is 8.42 Å². The number of hydrogen-bond acceptors (Lipinski definition) is 3. The first-order valence-electron chi connectivity index (χ1n) is 9.87. The van der Waals surface area contributed by atoms with Crippen LogP contribution in [0.2, 0.25) is 5.02 Å². The maximum absolute atomic E-state index is 13.0. The van der Waals surface area contributed by atoms with Crippen molar-refractivity contribution in [3.63, 3.8) is 0 Å². The van der Waals surface area contributed by atoms with Crippen molar-refractivity contribution in [2.75, 3.05) is 4.72 Å². The van der Waals surface area contributed by atoms with E-state index in [0.29, 0.717) is 6.07 Å². The summed E-state index contributed by atoms with van der Waals surface area (Å²) in [6, 6.07) is 7.74. The number of carbonyl (C=O) groups is 1. The quantitative estimate of drug-likeness (QED) is 0.553. The summed E-state index contributed by atoms with van der Waals surface area (Å²) in [6.45, 7) is 0. The third-order valence-corrected chi connectivity index (χ3v) is 6.83. The van der Waals surface area contributed by atoms with Crippen LogP contribution in [0.1, 0.15) is 54.4 Å². The molecule has 2 aromatic rings. The third-order valence-electron chi connectivity index (χ3n) is 5.13. The van der Waals surface area contributed by atoms with E-state index in [1.54, 1.807) is 0 Å². The number of amides is 1.